The summed E-state index contributed by atoms with van der Waals surface area (Å²) >= 11 is 0. The molecule has 2 rings (SSSR count). The van der Waals surface area contributed by atoms with Gasteiger partial charge in [0.25, 0.3) is 5.91 Å². The lowest BCUT2D eigenvalue weighted by Crippen LogP contribution is -2.18. The van der Waals surface area contributed by atoms with Gasteiger partial charge in [-0.25, -0.2) is 5.43 Å². The molecule has 2 aromatic carbocycles. The van der Waals surface area contributed by atoms with E-state index in [9.17, 15) is 4.79 Å². The lowest BCUT2D eigenvalue weighted by molar-refractivity contribution is 0.0955. The zero-order valence-corrected chi connectivity index (χ0v) is 12.8. The van der Waals surface area contributed by atoms with Gasteiger partial charge < -0.3 is 4.74 Å². The molecule has 0 aliphatic carbocycles. The SMILES string of the molecule is CCOc1ccc(C(=O)N/N=C/C(C)c2ccccc2)cc1. The van der Waals surface area contributed by atoms with Crippen LogP contribution in [-0.4, -0.2) is 18.7 Å². The van der Waals surface area contributed by atoms with Gasteiger partial charge in [0.2, 0.25) is 0 Å². The van der Waals surface area contributed by atoms with Crippen LogP contribution in [0.4, 0.5) is 0 Å². The molecule has 0 aliphatic rings. The van der Waals surface area contributed by atoms with Crippen LogP contribution in [0.3, 0.4) is 0 Å². The van der Waals surface area contributed by atoms with Crippen LogP contribution in [-0.2, 0) is 0 Å². The fourth-order valence-corrected chi connectivity index (χ4v) is 1.98. The van der Waals surface area contributed by atoms with Crippen molar-refractivity contribution in [2.45, 2.75) is 19.8 Å². The van der Waals surface area contributed by atoms with E-state index in [0.717, 1.165) is 11.3 Å². The van der Waals surface area contributed by atoms with Gasteiger partial charge in [0.05, 0.1) is 6.61 Å². The molecule has 1 N–H and O–H groups in total. The molecule has 1 amide bonds. The van der Waals surface area contributed by atoms with Crippen molar-refractivity contribution in [1.29, 1.82) is 0 Å². The van der Waals surface area contributed by atoms with Gasteiger partial charge in [0.15, 0.2) is 0 Å². The van der Waals surface area contributed by atoms with Gasteiger partial charge in [-0.3, -0.25) is 4.79 Å². The zero-order chi connectivity index (χ0) is 15.8. The van der Waals surface area contributed by atoms with Crippen LogP contribution >= 0.6 is 0 Å². The first-order valence-electron chi connectivity index (χ1n) is 7.32. The van der Waals surface area contributed by atoms with Crippen molar-refractivity contribution in [3.63, 3.8) is 0 Å². The minimum absolute atomic E-state index is 0.141. The molecule has 2 aromatic rings. The number of rotatable bonds is 6. The normalized spacial score (nSPS) is 12.1. The van der Waals surface area contributed by atoms with Crippen molar-refractivity contribution in [2.24, 2.45) is 5.10 Å². The molecular weight excluding hydrogens is 276 g/mol. The summed E-state index contributed by atoms with van der Waals surface area (Å²) in [7, 11) is 0. The van der Waals surface area contributed by atoms with E-state index < -0.39 is 0 Å². The molecule has 1 atom stereocenters. The lowest BCUT2D eigenvalue weighted by Gasteiger charge is -2.06. The van der Waals surface area contributed by atoms with Gasteiger partial charge in [-0.2, -0.15) is 5.10 Å². The molecule has 0 radical (unpaired) electrons. The summed E-state index contributed by atoms with van der Waals surface area (Å²) in [6.07, 6.45) is 1.72. The molecular formula is C18H20N2O2. The molecule has 0 aromatic heterocycles. The summed E-state index contributed by atoms with van der Waals surface area (Å²) in [6.45, 7) is 4.55. The summed E-state index contributed by atoms with van der Waals surface area (Å²) < 4.78 is 5.34. The average molecular weight is 296 g/mol. The number of hydrogen-bond donors (Lipinski definition) is 1. The van der Waals surface area contributed by atoms with Crippen LogP contribution in [0.2, 0.25) is 0 Å². The maximum absolute atomic E-state index is 12.0. The summed E-state index contributed by atoms with van der Waals surface area (Å²) in [5.74, 6) is 0.654. The van der Waals surface area contributed by atoms with Crippen LogP contribution in [0.1, 0.15) is 35.7 Å². The molecule has 0 fully saturated rings. The van der Waals surface area contributed by atoms with Gasteiger partial charge in [0, 0.05) is 17.7 Å². The fourth-order valence-electron chi connectivity index (χ4n) is 1.98. The van der Waals surface area contributed by atoms with Crippen molar-refractivity contribution < 1.29 is 9.53 Å². The van der Waals surface area contributed by atoms with Crippen LogP contribution in [0, 0.1) is 0 Å². The quantitative estimate of drug-likeness (QED) is 0.654. The van der Waals surface area contributed by atoms with E-state index in [4.69, 9.17) is 4.74 Å². The number of nitrogens with zero attached hydrogens (tertiary/aromatic N) is 1. The van der Waals surface area contributed by atoms with E-state index in [2.05, 4.69) is 10.5 Å². The zero-order valence-electron chi connectivity index (χ0n) is 12.8. The molecule has 0 saturated carbocycles. The number of carbonyl (C=O) groups is 1. The highest BCUT2D eigenvalue weighted by Crippen LogP contribution is 2.13. The van der Waals surface area contributed by atoms with Gasteiger partial charge in [-0.05, 0) is 36.8 Å². The second-order valence-corrected chi connectivity index (χ2v) is 4.88. The standard InChI is InChI=1S/C18H20N2O2/c1-3-22-17-11-9-16(10-12-17)18(21)20-19-13-14(2)15-7-5-4-6-8-15/h4-14H,3H2,1-2H3,(H,20,21)/b19-13+. The number of ether oxygens (including phenoxy) is 1. The Balaban J connectivity index is 1.90. The highest BCUT2D eigenvalue weighted by Gasteiger charge is 2.05. The topological polar surface area (TPSA) is 50.7 Å². The second-order valence-electron chi connectivity index (χ2n) is 4.88. The Morgan fingerprint density at radius 1 is 1.18 bits per heavy atom. The van der Waals surface area contributed by atoms with E-state index in [-0.39, 0.29) is 11.8 Å². The molecule has 22 heavy (non-hydrogen) atoms. The Labute approximate surface area is 130 Å². The number of hydrazone groups is 1. The predicted molar refractivity (Wildman–Crippen MR) is 88.4 cm³/mol. The van der Waals surface area contributed by atoms with Gasteiger partial charge in [0.1, 0.15) is 5.75 Å². The molecule has 1 unspecified atom stereocenters. The molecule has 114 valence electrons. The number of hydrogen-bond acceptors (Lipinski definition) is 3. The van der Waals surface area contributed by atoms with Crippen LogP contribution in [0.5, 0.6) is 5.75 Å². The Kier molecular flexibility index (Phi) is 5.72. The minimum Gasteiger partial charge on any atom is -0.494 e. The molecule has 4 nitrogen and oxygen atoms in total. The van der Waals surface area contributed by atoms with Crippen molar-refractivity contribution in [3.8, 4) is 5.75 Å². The Morgan fingerprint density at radius 2 is 1.86 bits per heavy atom. The van der Waals surface area contributed by atoms with E-state index in [1.165, 1.54) is 0 Å². The van der Waals surface area contributed by atoms with Crippen LogP contribution in [0.15, 0.2) is 59.7 Å². The maximum atomic E-state index is 12.0. The van der Waals surface area contributed by atoms with Crippen molar-refractivity contribution in [2.75, 3.05) is 6.61 Å². The Morgan fingerprint density at radius 3 is 2.50 bits per heavy atom. The Hall–Kier alpha value is -2.62. The number of amides is 1. The molecule has 0 spiro atoms. The van der Waals surface area contributed by atoms with E-state index >= 15 is 0 Å². The van der Waals surface area contributed by atoms with Crippen molar-refractivity contribution >= 4 is 12.1 Å². The summed E-state index contributed by atoms with van der Waals surface area (Å²) in [6, 6.07) is 17.0. The van der Waals surface area contributed by atoms with Crippen molar-refractivity contribution in [1.82, 2.24) is 5.43 Å². The highest BCUT2D eigenvalue weighted by atomic mass is 16.5. The van der Waals surface area contributed by atoms with Crippen LogP contribution < -0.4 is 10.2 Å². The first-order chi connectivity index (χ1) is 10.7. The first kappa shape index (κ1) is 15.8. The first-order valence-corrected chi connectivity index (χ1v) is 7.32. The van der Waals surface area contributed by atoms with Crippen molar-refractivity contribution in [3.05, 3.63) is 65.7 Å². The summed E-state index contributed by atoms with van der Waals surface area (Å²) in [5.41, 5.74) is 4.24. The fraction of sp³-hybridized carbons (Fsp3) is 0.222. The lowest BCUT2D eigenvalue weighted by atomic mass is 10.0. The highest BCUT2D eigenvalue weighted by molar-refractivity contribution is 5.94. The minimum atomic E-state index is -0.237. The third-order valence-electron chi connectivity index (χ3n) is 3.22. The van der Waals surface area contributed by atoms with Gasteiger partial charge in [-0.15, -0.1) is 0 Å². The van der Waals surface area contributed by atoms with Crippen LogP contribution in [0.25, 0.3) is 0 Å². The molecule has 4 heteroatoms. The van der Waals surface area contributed by atoms with Gasteiger partial charge >= 0.3 is 0 Å². The summed E-state index contributed by atoms with van der Waals surface area (Å²) in [5, 5.41) is 4.03. The number of benzene rings is 2. The van der Waals surface area contributed by atoms with E-state index in [1.54, 1.807) is 30.5 Å². The predicted octanol–water partition coefficient (Wildman–Crippen LogP) is 3.60. The smallest absolute Gasteiger partial charge is 0.271 e. The largest absolute Gasteiger partial charge is 0.494 e. The van der Waals surface area contributed by atoms with E-state index in [1.807, 2.05) is 44.2 Å². The number of nitrogens with one attached hydrogen (secondary N) is 1. The third-order valence-corrected chi connectivity index (χ3v) is 3.22. The van der Waals surface area contributed by atoms with Gasteiger partial charge in [-0.1, -0.05) is 37.3 Å². The molecule has 0 bridgehead atoms. The maximum Gasteiger partial charge on any atom is 0.271 e. The molecule has 0 saturated heterocycles. The average Bonchev–Trinajstić information content (AvgIpc) is 2.56. The summed E-state index contributed by atoms with van der Waals surface area (Å²) in [4.78, 5) is 12.0. The van der Waals surface area contributed by atoms with E-state index in [0.29, 0.717) is 12.2 Å². The second kappa shape index (κ2) is 7.98. The Bertz CT molecular complexity index is 621. The molecule has 0 heterocycles. The molecule has 0 aliphatic heterocycles. The number of carbonyl (C=O) groups excluding carboxylic acids is 1. The third kappa shape index (κ3) is 4.45. The monoisotopic (exact) mass is 296 g/mol.